The summed E-state index contributed by atoms with van der Waals surface area (Å²) < 4.78 is 32.8. The fourth-order valence-electron chi connectivity index (χ4n) is 6.99. The third-order valence-corrected chi connectivity index (χ3v) is 11.5. The van der Waals surface area contributed by atoms with Crippen LogP contribution in [0.1, 0.15) is 245 Å². The van der Waals surface area contributed by atoms with Crippen molar-refractivity contribution in [3.05, 3.63) is 0 Å². The van der Waals surface area contributed by atoms with Crippen molar-refractivity contribution in [3.8, 4) is 0 Å². The Hall–Kier alpha value is -0.990. The van der Waals surface area contributed by atoms with Gasteiger partial charge in [0, 0.05) is 19.4 Å². The molecule has 0 aromatic rings. The summed E-state index contributed by atoms with van der Waals surface area (Å²) in [6.45, 7) is 3.78. The molecule has 0 amide bonds. The molecule has 0 aliphatic carbocycles. The van der Waals surface area contributed by atoms with Gasteiger partial charge in [-0.15, -0.1) is 0 Å². The van der Waals surface area contributed by atoms with E-state index in [1.54, 1.807) is 0 Å². The summed E-state index contributed by atoms with van der Waals surface area (Å²) in [5.74, 6) is -0.810. The van der Waals surface area contributed by atoms with E-state index in [9.17, 15) is 19.0 Å². The zero-order chi connectivity index (χ0) is 40.3. The van der Waals surface area contributed by atoms with Crippen LogP contribution >= 0.6 is 7.82 Å². The minimum atomic E-state index is -4.37. The predicted octanol–water partition coefficient (Wildman–Crippen LogP) is 13.6. The molecule has 0 spiro atoms. The van der Waals surface area contributed by atoms with Crippen molar-refractivity contribution in [2.45, 2.75) is 251 Å². The monoisotopic (exact) mass is 804 g/mol. The van der Waals surface area contributed by atoms with Crippen LogP contribution in [0.4, 0.5) is 0 Å². The second-order valence-electron chi connectivity index (χ2n) is 16.0. The fourth-order valence-corrected chi connectivity index (χ4v) is 7.76. The smallest absolute Gasteiger partial charge is 0.462 e. The minimum Gasteiger partial charge on any atom is -0.462 e. The Balaban J connectivity index is 4.02. The van der Waals surface area contributed by atoms with Crippen molar-refractivity contribution in [2.75, 3.05) is 26.4 Å². The van der Waals surface area contributed by atoms with Gasteiger partial charge >= 0.3 is 19.8 Å². The zero-order valence-electron chi connectivity index (χ0n) is 36.2. The number of phosphoric acid groups is 1. The topological polar surface area (TPSA) is 134 Å². The van der Waals surface area contributed by atoms with Crippen LogP contribution < -0.4 is 5.73 Å². The van der Waals surface area contributed by atoms with E-state index in [1.165, 1.54) is 180 Å². The van der Waals surface area contributed by atoms with Crippen LogP contribution in [0.3, 0.4) is 0 Å². The first kappa shape index (κ1) is 54.0. The second-order valence-corrected chi connectivity index (χ2v) is 17.4. The first-order valence-electron chi connectivity index (χ1n) is 23.5. The third-order valence-electron chi connectivity index (χ3n) is 10.5. The highest BCUT2D eigenvalue weighted by Gasteiger charge is 2.26. The van der Waals surface area contributed by atoms with Crippen LogP contribution in [0.15, 0.2) is 0 Å². The van der Waals surface area contributed by atoms with Gasteiger partial charge in [-0.2, -0.15) is 0 Å². The van der Waals surface area contributed by atoms with Gasteiger partial charge in [0.2, 0.25) is 0 Å². The maximum atomic E-state index is 12.6. The van der Waals surface area contributed by atoms with Crippen molar-refractivity contribution < 1.29 is 37.6 Å². The highest BCUT2D eigenvalue weighted by atomic mass is 31.2. The maximum Gasteiger partial charge on any atom is 0.472 e. The van der Waals surface area contributed by atoms with Crippen molar-refractivity contribution in [1.29, 1.82) is 0 Å². The third kappa shape index (κ3) is 42.4. The van der Waals surface area contributed by atoms with Gasteiger partial charge in [-0.1, -0.05) is 219 Å². The van der Waals surface area contributed by atoms with E-state index in [1.807, 2.05) is 0 Å². The summed E-state index contributed by atoms with van der Waals surface area (Å²) in [7, 11) is -4.37. The number of hydrogen-bond acceptors (Lipinski definition) is 8. The Morgan fingerprint density at radius 3 is 1.11 bits per heavy atom. The molecule has 1 unspecified atom stereocenters. The Morgan fingerprint density at radius 1 is 0.473 bits per heavy atom. The predicted molar refractivity (Wildman–Crippen MR) is 229 cm³/mol. The number of phosphoric ester groups is 1. The molecule has 3 N–H and O–H groups in total. The molecule has 0 aliphatic rings. The number of carbonyl (C=O) groups excluding carboxylic acids is 2. The molecule has 0 bridgehead atoms. The average Bonchev–Trinajstić information content (AvgIpc) is 3.17. The van der Waals surface area contributed by atoms with E-state index >= 15 is 0 Å². The summed E-state index contributed by atoms with van der Waals surface area (Å²) in [6.07, 6.45) is 42.8. The number of rotatable bonds is 45. The Bertz CT molecular complexity index is 876. The highest BCUT2D eigenvalue weighted by Crippen LogP contribution is 2.43. The lowest BCUT2D eigenvalue weighted by atomic mass is 10.0. The number of ether oxygens (including phenoxy) is 2. The van der Waals surface area contributed by atoms with Gasteiger partial charge in [0.05, 0.1) is 13.2 Å². The first-order chi connectivity index (χ1) is 26.8. The number of carbonyl (C=O) groups is 2. The van der Waals surface area contributed by atoms with Crippen molar-refractivity contribution in [1.82, 2.24) is 0 Å². The molecule has 0 saturated carbocycles. The molecule has 0 aromatic carbocycles. The van der Waals surface area contributed by atoms with Crippen LogP contribution in [-0.4, -0.2) is 49.3 Å². The minimum absolute atomic E-state index is 0.0582. The molecule has 55 heavy (non-hydrogen) atoms. The Kier molecular flexibility index (Phi) is 41.8. The Morgan fingerprint density at radius 2 is 0.782 bits per heavy atom. The van der Waals surface area contributed by atoms with Crippen LogP contribution in [0, 0.1) is 0 Å². The summed E-state index contributed by atoms with van der Waals surface area (Å²) in [4.78, 5) is 34.9. The lowest BCUT2D eigenvalue weighted by Gasteiger charge is -2.19. The van der Waals surface area contributed by atoms with E-state index in [2.05, 4.69) is 13.8 Å². The van der Waals surface area contributed by atoms with Gasteiger partial charge in [-0.25, -0.2) is 4.57 Å². The molecule has 0 aliphatic heterocycles. The molecule has 328 valence electrons. The molecule has 0 saturated heterocycles. The molecule has 0 radical (unpaired) electrons. The van der Waals surface area contributed by atoms with Gasteiger partial charge in [-0.3, -0.25) is 18.6 Å². The van der Waals surface area contributed by atoms with Crippen LogP contribution in [0.5, 0.6) is 0 Å². The molecule has 9 nitrogen and oxygen atoms in total. The number of unbranched alkanes of at least 4 members (excludes halogenated alkanes) is 32. The lowest BCUT2D eigenvalue weighted by Crippen LogP contribution is -2.29. The van der Waals surface area contributed by atoms with Gasteiger partial charge in [0.25, 0.3) is 0 Å². The summed E-state index contributed by atoms with van der Waals surface area (Å²) >= 11 is 0. The lowest BCUT2D eigenvalue weighted by molar-refractivity contribution is -0.161. The molecular formula is C45H90NO8P. The van der Waals surface area contributed by atoms with Crippen molar-refractivity contribution in [3.63, 3.8) is 0 Å². The van der Waals surface area contributed by atoms with Gasteiger partial charge < -0.3 is 20.1 Å². The summed E-state index contributed by atoms with van der Waals surface area (Å²) in [5, 5.41) is 0. The molecule has 0 rings (SSSR count). The maximum absolute atomic E-state index is 12.6. The summed E-state index contributed by atoms with van der Waals surface area (Å²) in [6, 6.07) is 0. The molecule has 2 atom stereocenters. The number of hydrogen-bond donors (Lipinski definition) is 2. The first-order valence-corrected chi connectivity index (χ1v) is 25.0. The van der Waals surface area contributed by atoms with Crippen molar-refractivity contribution >= 4 is 19.8 Å². The van der Waals surface area contributed by atoms with Crippen LogP contribution in [0.25, 0.3) is 0 Å². The zero-order valence-corrected chi connectivity index (χ0v) is 37.1. The molecule has 0 aromatic heterocycles. The molecule has 0 fully saturated rings. The number of esters is 2. The molecule has 10 heteroatoms. The van der Waals surface area contributed by atoms with E-state index in [4.69, 9.17) is 24.3 Å². The van der Waals surface area contributed by atoms with Crippen LogP contribution in [0.2, 0.25) is 0 Å². The Labute approximate surface area is 339 Å². The van der Waals surface area contributed by atoms with E-state index < -0.39 is 26.5 Å². The largest absolute Gasteiger partial charge is 0.472 e. The average molecular weight is 804 g/mol. The molecular weight excluding hydrogens is 713 g/mol. The molecule has 0 heterocycles. The van der Waals surface area contributed by atoms with E-state index in [0.717, 1.165) is 32.1 Å². The quantitative estimate of drug-likeness (QED) is 0.0350. The standard InChI is InChI=1S/C45H90NO8P/c1-3-5-7-9-11-13-15-17-19-20-21-22-23-24-26-27-29-31-33-35-37-44(47)51-41-43(42-53-55(49,50)52-40-39-46)54-45(48)38-36-34-32-30-28-25-18-16-14-12-10-8-6-4-2/h43H,3-42,46H2,1-2H3,(H,49,50)/t43-/m1/s1. The van der Waals surface area contributed by atoms with Crippen LogP contribution in [-0.2, 0) is 32.7 Å². The number of nitrogens with two attached hydrogens (primary N) is 1. The fraction of sp³-hybridized carbons (Fsp3) is 0.956. The van der Waals surface area contributed by atoms with Gasteiger partial charge in [0.1, 0.15) is 6.61 Å². The SMILES string of the molecule is CCCCCCCCCCCCCCCCCCCCCCC(=O)OC[C@H](COP(=O)(O)OCCN)OC(=O)CCCCCCCCCCCCCCCC. The second kappa shape index (κ2) is 42.6. The highest BCUT2D eigenvalue weighted by molar-refractivity contribution is 7.47. The van der Waals surface area contributed by atoms with E-state index in [-0.39, 0.29) is 38.6 Å². The normalized spacial score (nSPS) is 13.2. The van der Waals surface area contributed by atoms with Gasteiger partial charge in [0.15, 0.2) is 6.10 Å². The van der Waals surface area contributed by atoms with Crippen molar-refractivity contribution in [2.24, 2.45) is 5.73 Å². The summed E-state index contributed by atoms with van der Waals surface area (Å²) in [5.41, 5.74) is 5.35. The van der Waals surface area contributed by atoms with E-state index in [0.29, 0.717) is 6.42 Å². The van der Waals surface area contributed by atoms with Gasteiger partial charge in [-0.05, 0) is 12.8 Å².